The van der Waals surface area contributed by atoms with Gasteiger partial charge in [0.2, 0.25) is 0 Å². The molecule has 1 aliphatic carbocycles. The van der Waals surface area contributed by atoms with Crippen molar-refractivity contribution in [2.24, 2.45) is 0 Å². The smallest absolute Gasteiger partial charge is 0.293 e. The number of amides is 1. The van der Waals surface area contributed by atoms with Gasteiger partial charge in [0.25, 0.3) is 11.6 Å². The number of hydrogen-bond donors (Lipinski definition) is 2. The van der Waals surface area contributed by atoms with Crippen molar-refractivity contribution in [3.63, 3.8) is 0 Å². The summed E-state index contributed by atoms with van der Waals surface area (Å²) >= 11 is 0. The van der Waals surface area contributed by atoms with Gasteiger partial charge in [-0.05, 0) is 49.6 Å². The number of nitrogens with zero attached hydrogens (tertiary/aromatic N) is 2. The Morgan fingerprint density at radius 2 is 1.87 bits per heavy atom. The number of benzene rings is 2. The molecular formula is C24H24N4O3. The average molecular weight is 416 g/mol. The number of aromatic nitrogens is 1. The SMILES string of the molecule is CC(Nc1ccc(C(=O)NCC2(c3ccccc3)CC2)cc1[N+](=O)[O-])c1ccccn1. The number of hydrogen-bond acceptors (Lipinski definition) is 5. The summed E-state index contributed by atoms with van der Waals surface area (Å²) in [6, 6.07) is 19.9. The minimum absolute atomic E-state index is 0.0253. The standard InChI is InChI=1S/C24H24N4O3/c1-17(20-9-5-6-14-25-20)27-21-11-10-18(15-22(21)28(30)31)23(29)26-16-24(12-13-24)19-7-3-2-4-8-19/h2-11,14-15,17,27H,12-13,16H2,1H3,(H,26,29). The molecule has 1 unspecified atom stereocenters. The molecule has 7 nitrogen and oxygen atoms in total. The van der Waals surface area contributed by atoms with Crippen molar-refractivity contribution in [3.05, 3.63) is 99.9 Å². The number of nitro benzene ring substituents is 1. The van der Waals surface area contributed by atoms with Crippen LogP contribution in [0.4, 0.5) is 11.4 Å². The van der Waals surface area contributed by atoms with Crippen LogP contribution in [0.2, 0.25) is 0 Å². The van der Waals surface area contributed by atoms with Gasteiger partial charge in [-0.3, -0.25) is 19.9 Å². The van der Waals surface area contributed by atoms with E-state index in [4.69, 9.17) is 0 Å². The molecule has 0 radical (unpaired) electrons. The normalized spacial score (nSPS) is 15.0. The molecule has 0 aliphatic heterocycles. The van der Waals surface area contributed by atoms with Crippen LogP contribution in [0.15, 0.2) is 72.9 Å². The highest BCUT2D eigenvalue weighted by molar-refractivity contribution is 5.95. The van der Waals surface area contributed by atoms with Crippen LogP contribution in [-0.2, 0) is 5.41 Å². The topological polar surface area (TPSA) is 97.2 Å². The minimum Gasteiger partial charge on any atom is -0.371 e. The van der Waals surface area contributed by atoms with E-state index in [1.807, 2.05) is 43.3 Å². The Kier molecular flexibility index (Phi) is 5.66. The van der Waals surface area contributed by atoms with Crippen LogP contribution in [0.1, 0.15) is 47.4 Å². The average Bonchev–Trinajstić information content (AvgIpc) is 3.60. The maximum atomic E-state index is 12.7. The number of anilines is 1. The van der Waals surface area contributed by atoms with Gasteiger partial charge in [0, 0.05) is 29.8 Å². The molecule has 1 aliphatic rings. The van der Waals surface area contributed by atoms with Gasteiger partial charge in [-0.15, -0.1) is 0 Å². The van der Waals surface area contributed by atoms with Gasteiger partial charge in [0.05, 0.1) is 16.7 Å². The Labute approximate surface area is 180 Å². The Balaban J connectivity index is 1.47. The Morgan fingerprint density at radius 1 is 1.13 bits per heavy atom. The fourth-order valence-electron chi connectivity index (χ4n) is 3.75. The maximum absolute atomic E-state index is 12.7. The lowest BCUT2D eigenvalue weighted by Gasteiger charge is -2.17. The highest BCUT2D eigenvalue weighted by Gasteiger charge is 2.44. The lowest BCUT2D eigenvalue weighted by atomic mass is 9.96. The van der Waals surface area contributed by atoms with Crippen LogP contribution in [0, 0.1) is 10.1 Å². The summed E-state index contributed by atoms with van der Waals surface area (Å²) in [6.07, 6.45) is 3.72. The number of pyridine rings is 1. The zero-order valence-corrected chi connectivity index (χ0v) is 17.2. The van der Waals surface area contributed by atoms with Crippen molar-refractivity contribution in [3.8, 4) is 0 Å². The first-order valence-electron chi connectivity index (χ1n) is 10.3. The van der Waals surface area contributed by atoms with E-state index in [1.165, 1.54) is 11.6 Å². The zero-order chi connectivity index (χ0) is 21.8. The van der Waals surface area contributed by atoms with Crippen LogP contribution in [-0.4, -0.2) is 22.4 Å². The third-order valence-electron chi connectivity index (χ3n) is 5.79. The third kappa shape index (κ3) is 4.55. The molecule has 1 heterocycles. The van der Waals surface area contributed by atoms with Crippen LogP contribution >= 0.6 is 0 Å². The summed E-state index contributed by atoms with van der Waals surface area (Å²) < 4.78 is 0. The van der Waals surface area contributed by atoms with Gasteiger partial charge >= 0.3 is 0 Å². The molecule has 1 aromatic heterocycles. The predicted molar refractivity (Wildman–Crippen MR) is 119 cm³/mol. The molecule has 31 heavy (non-hydrogen) atoms. The summed E-state index contributed by atoms with van der Waals surface area (Å²) in [4.78, 5) is 28.2. The second-order valence-electron chi connectivity index (χ2n) is 7.94. The van der Waals surface area contributed by atoms with Crippen LogP contribution < -0.4 is 10.6 Å². The van der Waals surface area contributed by atoms with Crippen molar-refractivity contribution in [1.29, 1.82) is 0 Å². The number of rotatable bonds is 8. The molecule has 7 heteroatoms. The summed E-state index contributed by atoms with van der Waals surface area (Å²) in [5.74, 6) is -0.311. The number of carbonyl (C=O) groups excluding carboxylic acids is 1. The molecule has 0 saturated heterocycles. The van der Waals surface area contributed by atoms with Gasteiger partial charge in [-0.25, -0.2) is 0 Å². The number of nitrogens with one attached hydrogen (secondary N) is 2. The van der Waals surface area contributed by atoms with Crippen molar-refractivity contribution >= 4 is 17.3 Å². The first kappa shape index (κ1) is 20.5. The van der Waals surface area contributed by atoms with E-state index in [1.54, 1.807) is 18.3 Å². The monoisotopic (exact) mass is 416 g/mol. The van der Waals surface area contributed by atoms with Crippen molar-refractivity contribution in [1.82, 2.24) is 10.3 Å². The van der Waals surface area contributed by atoms with Gasteiger partial charge in [-0.1, -0.05) is 36.4 Å². The molecule has 3 aromatic rings. The first-order chi connectivity index (χ1) is 15.0. The van der Waals surface area contributed by atoms with E-state index in [9.17, 15) is 14.9 Å². The molecule has 0 bridgehead atoms. The maximum Gasteiger partial charge on any atom is 0.293 e. The molecule has 0 spiro atoms. The van der Waals surface area contributed by atoms with E-state index in [0.29, 0.717) is 12.2 Å². The highest BCUT2D eigenvalue weighted by Crippen LogP contribution is 2.47. The minimum atomic E-state index is -0.476. The van der Waals surface area contributed by atoms with Crippen molar-refractivity contribution < 1.29 is 9.72 Å². The Morgan fingerprint density at radius 3 is 2.52 bits per heavy atom. The van der Waals surface area contributed by atoms with Crippen LogP contribution in [0.5, 0.6) is 0 Å². The molecule has 1 saturated carbocycles. The molecule has 2 aromatic carbocycles. The van der Waals surface area contributed by atoms with Gasteiger partial charge in [0.1, 0.15) is 5.69 Å². The lowest BCUT2D eigenvalue weighted by Crippen LogP contribution is -2.32. The number of carbonyl (C=O) groups is 1. The molecule has 1 fully saturated rings. The number of nitro groups is 1. The van der Waals surface area contributed by atoms with E-state index < -0.39 is 4.92 Å². The zero-order valence-electron chi connectivity index (χ0n) is 17.2. The van der Waals surface area contributed by atoms with Crippen molar-refractivity contribution in [2.75, 3.05) is 11.9 Å². The van der Waals surface area contributed by atoms with Crippen LogP contribution in [0.25, 0.3) is 0 Å². The molecule has 2 N–H and O–H groups in total. The van der Waals surface area contributed by atoms with E-state index >= 15 is 0 Å². The summed E-state index contributed by atoms with van der Waals surface area (Å²) in [7, 11) is 0. The molecule has 1 atom stereocenters. The second kappa shape index (κ2) is 8.55. The van der Waals surface area contributed by atoms with Gasteiger partial charge < -0.3 is 10.6 Å². The van der Waals surface area contributed by atoms with Gasteiger partial charge in [-0.2, -0.15) is 0 Å². The second-order valence-corrected chi connectivity index (χ2v) is 7.94. The third-order valence-corrected chi connectivity index (χ3v) is 5.79. The fraction of sp³-hybridized carbons (Fsp3) is 0.250. The largest absolute Gasteiger partial charge is 0.371 e. The van der Waals surface area contributed by atoms with E-state index in [2.05, 4.69) is 27.8 Å². The first-order valence-corrected chi connectivity index (χ1v) is 10.3. The van der Waals surface area contributed by atoms with Crippen LogP contribution in [0.3, 0.4) is 0 Å². The molecule has 4 rings (SSSR count). The summed E-state index contributed by atoms with van der Waals surface area (Å²) in [5.41, 5.74) is 2.44. The van der Waals surface area contributed by atoms with Gasteiger partial charge in [0.15, 0.2) is 0 Å². The van der Waals surface area contributed by atoms with Crippen molar-refractivity contribution in [2.45, 2.75) is 31.2 Å². The molecular weight excluding hydrogens is 392 g/mol. The molecule has 1 amide bonds. The van der Waals surface area contributed by atoms with E-state index in [0.717, 1.165) is 18.5 Å². The quantitative estimate of drug-likeness (QED) is 0.412. The molecule has 158 valence electrons. The fourth-order valence-corrected chi connectivity index (χ4v) is 3.75. The highest BCUT2D eigenvalue weighted by atomic mass is 16.6. The lowest BCUT2D eigenvalue weighted by molar-refractivity contribution is -0.384. The predicted octanol–water partition coefficient (Wildman–Crippen LogP) is 4.62. The Bertz CT molecular complexity index is 1080. The summed E-state index contributed by atoms with van der Waals surface area (Å²) in [5, 5.41) is 17.7. The Hall–Kier alpha value is -3.74. The summed E-state index contributed by atoms with van der Waals surface area (Å²) in [6.45, 7) is 2.39. The van der Waals surface area contributed by atoms with E-state index in [-0.39, 0.29) is 28.6 Å².